The number of hydrogen-bond acceptors (Lipinski definition) is 7. The van der Waals surface area contributed by atoms with Crippen LogP contribution in [0.15, 0.2) is 60.8 Å². The number of nitrogens with one attached hydrogen (secondary N) is 1. The molecule has 0 bridgehead atoms. The Morgan fingerprint density at radius 3 is 2.12 bits per heavy atom. The second-order valence-electron chi connectivity index (χ2n) is 9.08. The maximum atomic E-state index is 13.7. The highest BCUT2D eigenvalue weighted by atomic mass is 19.4. The van der Waals surface area contributed by atoms with Crippen LogP contribution < -0.4 is 5.32 Å². The van der Waals surface area contributed by atoms with Crippen LogP contribution in [0.1, 0.15) is 17.0 Å². The lowest BCUT2D eigenvalue weighted by molar-refractivity contribution is -0.138. The molecule has 4 aromatic rings. The maximum absolute atomic E-state index is 13.7. The smallest absolute Gasteiger partial charge is 0.383 e. The lowest BCUT2D eigenvalue weighted by atomic mass is 10.0. The van der Waals surface area contributed by atoms with E-state index in [1.165, 1.54) is 36.5 Å². The van der Waals surface area contributed by atoms with Crippen LogP contribution in [0, 0.1) is 0 Å². The van der Waals surface area contributed by atoms with Gasteiger partial charge in [-0.1, -0.05) is 6.07 Å². The second kappa shape index (κ2) is 12.8. The van der Waals surface area contributed by atoms with Crippen LogP contribution in [-0.2, 0) is 28.4 Å². The van der Waals surface area contributed by atoms with Gasteiger partial charge in [-0.3, -0.25) is 9.88 Å². The van der Waals surface area contributed by atoms with E-state index in [2.05, 4.69) is 20.3 Å². The van der Waals surface area contributed by atoms with Crippen molar-refractivity contribution in [3.05, 3.63) is 77.7 Å². The van der Waals surface area contributed by atoms with Gasteiger partial charge in [0, 0.05) is 50.1 Å². The van der Waals surface area contributed by atoms with Crippen molar-refractivity contribution in [1.29, 1.82) is 0 Å². The van der Waals surface area contributed by atoms with Crippen molar-refractivity contribution in [3.63, 3.8) is 0 Å². The molecule has 0 aliphatic heterocycles. The van der Waals surface area contributed by atoms with Crippen LogP contribution in [0.4, 0.5) is 37.8 Å². The van der Waals surface area contributed by atoms with E-state index in [0.717, 1.165) is 18.2 Å². The number of methoxy groups -OCH3 is 2. The normalized spacial score (nSPS) is 12.3. The molecule has 218 valence electrons. The Kier molecular flexibility index (Phi) is 9.41. The van der Waals surface area contributed by atoms with E-state index in [-0.39, 0.29) is 23.6 Å². The Hall–Kier alpha value is -3.81. The van der Waals surface area contributed by atoms with Gasteiger partial charge in [-0.05, 0) is 48.5 Å². The van der Waals surface area contributed by atoms with Crippen LogP contribution in [-0.4, -0.2) is 60.4 Å². The quantitative estimate of drug-likeness (QED) is 0.202. The molecule has 41 heavy (non-hydrogen) atoms. The molecular weight excluding hydrogens is 552 g/mol. The predicted octanol–water partition coefficient (Wildman–Crippen LogP) is 6.57. The number of hydrogen-bond donors (Lipinski definition) is 1. The van der Waals surface area contributed by atoms with E-state index < -0.39 is 23.5 Å². The highest BCUT2D eigenvalue weighted by molar-refractivity contribution is 5.93. The number of pyridine rings is 1. The molecule has 0 saturated carbocycles. The number of ether oxygens (including phenoxy) is 2. The summed E-state index contributed by atoms with van der Waals surface area (Å²) in [4.78, 5) is 15.2. The van der Waals surface area contributed by atoms with Gasteiger partial charge in [-0.2, -0.15) is 26.3 Å². The van der Waals surface area contributed by atoms with Crippen molar-refractivity contribution in [1.82, 2.24) is 19.9 Å². The lowest BCUT2D eigenvalue weighted by Crippen LogP contribution is -2.31. The number of halogens is 6. The van der Waals surface area contributed by atoms with Gasteiger partial charge >= 0.3 is 12.4 Å². The Labute approximate surface area is 232 Å². The molecular formula is C28H27F6N5O2. The van der Waals surface area contributed by atoms with Gasteiger partial charge in [0.1, 0.15) is 11.6 Å². The minimum absolute atomic E-state index is 0.200. The molecule has 1 N–H and O–H groups in total. The molecule has 7 nitrogen and oxygen atoms in total. The minimum Gasteiger partial charge on any atom is -0.383 e. The summed E-state index contributed by atoms with van der Waals surface area (Å²) in [5.41, 5.74) is -1.06. The van der Waals surface area contributed by atoms with Crippen LogP contribution in [0.2, 0.25) is 0 Å². The summed E-state index contributed by atoms with van der Waals surface area (Å²) in [6.07, 6.45) is -7.83. The Balaban J connectivity index is 1.79. The lowest BCUT2D eigenvalue weighted by Gasteiger charge is -2.21. The Bertz CT molecular complexity index is 1450. The minimum atomic E-state index is -4.62. The first kappa shape index (κ1) is 30.2. The predicted molar refractivity (Wildman–Crippen MR) is 142 cm³/mol. The third kappa shape index (κ3) is 7.69. The molecule has 2 heterocycles. The maximum Gasteiger partial charge on any atom is 0.418 e. The molecule has 2 aromatic carbocycles. The monoisotopic (exact) mass is 579 g/mol. The summed E-state index contributed by atoms with van der Waals surface area (Å²) in [6.45, 7) is 2.18. The van der Waals surface area contributed by atoms with Gasteiger partial charge in [-0.15, -0.1) is 0 Å². The van der Waals surface area contributed by atoms with E-state index in [1.54, 1.807) is 20.3 Å². The van der Waals surface area contributed by atoms with E-state index in [9.17, 15) is 26.3 Å². The van der Waals surface area contributed by atoms with Gasteiger partial charge in [0.15, 0.2) is 0 Å². The number of alkyl halides is 6. The van der Waals surface area contributed by atoms with Crippen LogP contribution in [0.25, 0.3) is 22.2 Å². The molecule has 0 atom stereocenters. The first-order valence-electron chi connectivity index (χ1n) is 12.5. The number of anilines is 2. The van der Waals surface area contributed by atoms with Crippen molar-refractivity contribution in [3.8, 4) is 11.3 Å². The second-order valence-corrected chi connectivity index (χ2v) is 9.08. The molecule has 0 saturated heterocycles. The highest BCUT2D eigenvalue weighted by Gasteiger charge is 2.34. The van der Waals surface area contributed by atoms with Crippen molar-refractivity contribution >= 4 is 22.4 Å². The molecule has 0 aliphatic carbocycles. The van der Waals surface area contributed by atoms with Crippen LogP contribution >= 0.6 is 0 Å². The largest absolute Gasteiger partial charge is 0.418 e. The number of benzene rings is 2. The fourth-order valence-corrected chi connectivity index (χ4v) is 4.15. The molecule has 13 heteroatoms. The van der Waals surface area contributed by atoms with Crippen LogP contribution in [0.3, 0.4) is 0 Å². The molecule has 0 aliphatic rings. The molecule has 2 aromatic heterocycles. The zero-order chi connectivity index (χ0) is 29.6. The van der Waals surface area contributed by atoms with Gasteiger partial charge in [0.25, 0.3) is 0 Å². The first-order chi connectivity index (χ1) is 19.5. The first-order valence-corrected chi connectivity index (χ1v) is 12.5. The summed E-state index contributed by atoms with van der Waals surface area (Å²) in [5, 5.41) is 3.50. The zero-order valence-electron chi connectivity index (χ0n) is 22.2. The van der Waals surface area contributed by atoms with Gasteiger partial charge in [0.2, 0.25) is 0 Å². The van der Waals surface area contributed by atoms with E-state index in [4.69, 9.17) is 9.47 Å². The summed E-state index contributed by atoms with van der Waals surface area (Å²) in [6, 6.07) is 11.1. The van der Waals surface area contributed by atoms with Gasteiger partial charge in [0.05, 0.1) is 42.1 Å². The molecule has 0 amide bonds. The van der Waals surface area contributed by atoms with Crippen LogP contribution in [0.5, 0.6) is 0 Å². The van der Waals surface area contributed by atoms with Gasteiger partial charge < -0.3 is 14.8 Å². The Morgan fingerprint density at radius 1 is 0.829 bits per heavy atom. The van der Waals surface area contributed by atoms with E-state index in [0.29, 0.717) is 48.7 Å². The van der Waals surface area contributed by atoms with Gasteiger partial charge in [-0.25, -0.2) is 9.97 Å². The SMILES string of the molecule is COCCN(CCOC)Cc1nc(Nc2ccc(C(F)(F)F)cc2)c2ccc(-c3ncccc3C(F)(F)F)cc2n1. The standard InChI is InChI=1S/C28H27F6N5O2/c1-40-14-12-39(13-15-41-2)17-24-37-23-16-18(25-22(28(32,33)34)4-3-11-35-25)5-10-21(23)26(38-24)36-20-8-6-19(7-9-20)27(29,30)31/h3-11,16H,12-15,17H2,1-2H3,(H,36,37,38). The average Bonchev–Trinajstić information content (AvgIpc) is 2.93. The fourth-order valence-electron chi connectivity index (χ4n) is 4.15. The third-order valence-electron chi connectivity index (χ3n) is 6.19. The summed E-state index contributed by atoms with van der Waals surface area (Å²) in [7, 11) is 3.14. The van der Waals surface area contributed by atoms with Crippen molar-refractivity contribution in [2.24, 2.45) is 0 Å². The molecule has 0 unspecified atom stereocenters. The molecule has 4 rings (SSSR count). The number of fused-ring (bicyclic) bond motifs is 1. The zero-order valence-corrected chi connectivity index (χ0v) is 22.2. The van der Waals surface area contributed by atoms with E-state index in [1.807, 2.05) is 4.90 Å². The third-order valence-corrected chi connectivity index (χ3v) is 6.19. The Morgan fingerprint density at radius 2 is 1.51 bits per heavy atom. The number of nitrogens with zero attached hydrogens (tertiary/aromatic N) is 4. The van der Waals surface area contributed by atoms with Crippen molar-refractivity contribution in [2.75, 3.05) is 45.8 Å². The summed E-state index contributed by atoms with van der Waals surface area (Å²) >= 11 is 0. The molecule has 0 spiro atoms. The van der Waals surface area contributed by atoms with E-state index >= 15 is 0 Å². The highest BCUT2D eigenvalue weighted by Crippen LogP contribution is 2.37. The number of rotatable bonds is 11. The topological polar surface area (TPSA) is 72.4 Å². The summed E-state index contributed by atoms with van der Waals surface area (Å²) < 4.78 is 90.6. The van der Waals surface area contributed by atoms with Crippen molar-refractivity contribution in [2.45, 2.75) is 18.9 Å². The summed E-state index contributed by atoms with van der Waals surface area (Å²) in [5.74, 6) is 0.625. The average molecular weight is 580 g/mol. The van der Waals surface area contributed by atoms with Crippen molar-refractivity contribution < 1.29 is 35.8 Å². The molecule has 0 fully saturated rings. The fraction of sp³-hybridized carbons (Fsp3) is 0.321. The molecule has 0 radical (unpaired) electrons. The number of aromatic nitrogens is 3.